The molecule has 0 aliphatic rings. The van der Waals surface area contributed by atoms with E-state index in [2.05, 4.69) is 15.6 Å². The number of ether oxygens (including phenoxy) is 1. The highest BCUT2D eigenvalue weighted by Crippen LogP contribution is 2.05. The molecule has 0 unspecified atom stereocenters. The van der Waals surface area contributed by atoms with Gasteiger partial charge in [0.05, 0.1) is 12.8 Å². The third kappa shape index (κ3) is 4.96. The number of nitrogens with zero attached hydrogens (tertiary/aromatic N) is 3. The predicted octanol–water partition coefficient (Wildman–Crippen LogP) is -0.0523. The maximum atomic E-state index is 11.6. The maximum Gasteiger partial charge on any atom is 0.323 e. The molecule has 7 nitrogen and oxygen atoms in total. The molecular formula is C12H22N4O3. The van der Waals surface area contributed by atoms with E-state index in [4.69, 9.17) is 9.84 Å². The van der Waals surface area contributed by atoms with Crippen LogP contribution in [0.25, 0.3) is 0 Å². The van der Waals surface area contributed by atoms with Crippen molar-refractivity contribution < 1.29 is 14.6 Å². The largest absolute Gasteiger partial charge is 0.468 e. The van der Waals surface area contributed by atoms with Gasteiger partial charge in [0.15, 0.2) is 0 Å². The van der Waals surface area contributed by atoms with Gasteiger partial charge in [0.2, 0.25) is 0 Å². The van der Waals surface area contributed by atoms with E-state index in [0.29, 0.717) is 19.5 Å². The molecule has 0 radical (unpaired) electrons. The van der Waals surface area contributed by atoms with E-state index in [0.717, 1.165) is 5.69 Å². The second-order valence-electron chi connectivity index (χ2n) is 4.68. The SMILES string of the molecule is COC(=O)[C@@H](NCc1cn(CCCO)nn1)C(C)C. The Hall–Kier alpha value is -1.47. The van der Waals surface area contributed by atoms with Crippen molar-refractivity contribution >= 4 is 5.97 Å². The summed E-state index contributed by atoms with van der Waals surface area (Å²) in [6, 6.07) is -0.354. The Morgan fingerprint density at radius 2 is 2.32 bits per heavy atom. The van der Waals surface area contributed by atoms with Crippen molar-refractivity contribution in [3.63, 3.8) is 0 Å². The lowest BCUT2D eigenvalue weighted by Gasteiger charge is -2.18. The third-order valence-electron chi connectivity index (χ3n) is 2.76. The number of hydrogen-bond donors (Lipinski definition) is 2. The lowest BCUT2D eigenvalue weighted by molar-refractivity contribution is -0.144. The average molecular weight is 270 g/mol. The summed E-state index contributed by atoms with van der Waals surface area (Å²) in [5.74, 6) is -0.139. The van der Waals surface area contributed by atoms with Gasteiger partial charge in [-0.2, -0.15) is 0 Å². The summed E-state index contributed by atoms with van der Waals surface area (Å²) >= 11 is 0. The van der Waals surface area contributed by atoms with Gasteiger partial charge in [-0.05, 0) is 12.3 Å². The van der Waals surface area contributed by atoms with Gasteiger partial charge in [-0.25, -0.2) is 0 Å². The zero-order valence-electron chi connectivity index (χ0n) is 11.7. The van der Waals surface area contributed by atoms with Gasteiger partial charge < -0.3 is 9.84 Å². The normalized spacial score (nSPS) is 12.7. The molecule has 0 amide bonds. The van der Waals surface area contributed by atoms with Crippen molar-refractivity contribution in [2.75, 3.05) is 13.7 Å². The third-order valence-corrected chi connectivity index (χ3v) is 2.76. The highest BCUT2D eigenvalue weighted by molar-refractivity contribution is 5.75. The Morgan fingerprint density at radius 3 is 2.89 bits per heavy atom. The smallest absolute Gasteiger partial charge is 0.323 e. The molecule has 0 aromatic carbocycles. The molecule has 1 rings (SSSR count). The van der Waals surface area contributed by atoms with Crippen LogP contribution in [-0.4, -0.2) is 45.8 Å². The number of carbonyl (C=O) groups is 1. The predicted molar refractivity (Wildman–Crippen MR) is 69.2 cm³/mol. The summed E-state index contributed by atoms with van der Waals surface area (Å²) in [5, 5.41) is 19.8. The summed E-state index contributed by atoms with van der Waals surface area (Å²) in [6.45, 7) is 5.12. The first kappa shape index (κ1) is 15.6. The molecule has 1 aromatic heterocycles. The first-order valence-corrected chi connectivity index (χ1v) is 6.39. The zero-order chi connectivity index (χ0) is 14.3. The van der Waals surface area contributed by atoms with E-state index in [9.17, 15) is 4.79 Å². The van der Waals surface area contributed by atoms with E-state index in [1.54, 1.807) is 10.9 Å². The number of methoxy groups -OCH3 is 1. The Balaban J connectivity index is 2.50. The van der Waals surface area contributed by atoms with Crippen molar-refractivity contribution in [1.29, 1.82) is 0 Å². The molecule has 0 aliphatic heterocycles. The monoisotopic (exact) mass is 270 g/mol. The molecule has 1 heterocycles. The Bertz CT molecular complexity index is 392. The van der Waals surface area contributed by atoms with Crippen molar-refractivity contribution in [3.05, 3.63) is 11.9 Å². The van der Waals surface area contributed by atoms with E-state index in [1.807, 2.05) is 13.8 Å². The number of aromatic nitrogens is 3. The van der Waals surface area contributed by atoms with Gasteiger partial charge in [0.25, 0.3) is 0 Å². The van der Waals surface area contributed by atoms with Gasteiger partial charge in [-0.1, -0.05) is 19.1 Å². The number of nitrogens with one attached hydrogen (secondary N) is 1. The minimum atomic E-state index is -0.354. The van der Waals surface area contributed by atoms with Crippen LogP contribution in [0.2, 0.25) is 0 Å². The van der Waals surface area contributed by atoms with E-state index in [1.165, 1.54) is 7.11 Å². The second kappa shape index (κ2) is 7.85. The average Bonchev–Trinajstić information content (AvgIpc) is 2.83. The van der Waals surface area contributed by atoms with E-state index >= 15 is 0 Å². The molecular weight excluding hydrogens is 248 g/mol. The molecule has 108 valence electrons. The molecule has 0 fully saturated rings. The number of esters is 1. The molecule has 0 spiro atoms. The van der Waals surface area contributed by atoms with Gasteiger partial charge >= 0.3 is 5.97 Å². The van der Waals surface area contributed by atoms with Crippen LogP contribution in [0.4, 0.5) is 0 Å². The Labute approximate surface area is 112 Å². The Morgan fingerprint density at radius 1 is 1.58 bits per heavy atom. The van der Waals surface area contributed by atoms with Gasteiger partial charge in [-0.3, -0.25) is 14.8 Å². The van der Waals surface area contributed by atoms with Crippen LogP contribution in [0.3, 0.4) is 0 Å². The van der Waals surface area contributed by atoms with E-state index in [-0.39, 0.29) is 24.5 Å². The van der Waals surface area contributed by atoms with Crippen molar-refractivity contribution in [2.45, 2.75) is 39.4 Å². The van der Waals surface area contributed by atoms with Crippen LogP contribution >= 0.6 is 0 Å². The highest BCUT2D eigenvalue weighted by Gasteiger charge is 2.22. The summed E-state index contributed by atoms with van der Waals surface area (Å²) in [4.78, 5) is 11.6. The molecule has 19 heavy (non-hydrogen) atoms. The number of hydrogen-bond acceptors (Lipinski definition) is 6. The topological polar surface area (TPSA) is 89.3 Å². The quantitative estimate of drug-likeness (QED) is 0.644. The number of aliphatic hydroxyl groups excluding tert-OH is 1. The highest BCUT2D eigenvalue weighted by atomic mass is 16.5. The van der Waals surface area contributed by atoms with Crippen molar-refractivity contribution in [3.8, 4) is 0 Å². The summed E-state index contributed by atoms with van der Waals surface area (Å²) in [5.41, 5.74) is 0.757. The van der Waals surface area contributed by atoms with Crippen molar-refractivity contribution in [2.24, 2.45) is 5.92 Å². The lowest BCUT2D eigenvalue weighted by Crippen LogP contribution is -2.41. The molecule has 1 aromatic rings. The van der Waals surface area contributed by atoms with Gasteiger partial charge in [0.1, 0.15) is 6.04 Å². The molecule has 0 aliphatic carbocycles. The zero-order valence-corrected chi connectivity index (χ0v) is 11.7. The minimum absolute atomic E-state index is 0.130. The first-order valence-electron chi connectivity index (χ1n) is 6.39. The fourth-order valence-electron chi connectivity index (χ4n) is 1.69. The lowest BCUT2D eigenvalue weighted by atomic mass is 10.0. The van der Waals surface area contributed by atoms with Crippen LogP contribution < -0.4 is 5.32 Å². The molecule has 0 bridgehead atoms. The van der Waals surface area contributed by atoms with E-state index < -0.39 is 0 Å². The van der Waals surface area contributed by atoms with Crippen LogP contribution in [-0.2, 0) is 22.6 Å². The summed E-state index contributed by atoms with van der Waals surface area (Å²) < 4.78 is 6.43. The van der Waals surface area contributed by atoms with Crippen LogP contribution in [0.1, 0.15) is 26.0 Å². The fourth-order valence-corrected chi connectivity index (χ4v) is 1.69. The Kier molecular flexibility index (Phi) is 6.44. The minimum Gasteiger partial charge on any atom is -0.468 e. The molecule has 1 atom stereocenters. The van der Waals surface area contributed by atoms with Gasteiger partial charge in [-0.15, -0.1) is 5.10 Å². The second-order valence-corrected chi connectivity index (χ2v) is 4.68. The molecule has 2 N–H and O–H groups in total. The number of aryl methyl sites for hydroxylation is 1. The van der Waals surface area contributed by atoms with Crippen LogP contribution in [0, 0.1) is 5.92 Å². The maximum absolute atomic E-state index is 11.6. The summed E-state index contributed by atoms with van der Waals surface area (Å²) in [6.07, 6.45) is 2.45. The standard InChI is InChI=1S/C12H22N4O3/c1-9(2)11(12(18)19-3)13-7-10-8-16(15-14-10)5-4-6-17/h8-9,11,13,17H,4-7H2,1-3H3/t11-/m0/s1. The van der Waals surface area contributed by atoms with Crippen LogP contribution in [0.5, 0.6) is 0 Å². The van der Waals surface area contributed by atoms with Crippen molar-refractivity contribution in [1.82, 2.24) is 20.3 Å². The first-order chi connectivity index (χ1) is 9.08. The van der Waals surface area contributed by atoms with Crippen LogP contribution in [0.15, 0.2) is 6.20 Å². The molecule has 0 saturated carbocycles. The number of carbonyl (C=O) groups excluding carboxylic acids is 1. The number of aliphatic hydroxyl groups is 1. The summed E-state index contributed by atoms with van der Waals surface area (Å²) in [7, 11) is 1.38. The van der Waals surface area contributed by atoms with Gasteiger partial charge in [0, 0.05) is 25.9 Å². The molecule has 0 saturated heterocycles. The number of rotatable bonds is 8. The molecule has 7 heteroatoms. The fraction of sp³-hybridized carbons (Fsp3) is 0.750.